The van der Waals surface area contributed by atoms with Crippen molar-refractivity contribution in [3.05, 3.63) is 0 Å². The van der Waals surface area contributed by atoms with Crippen LogP contribution in [-0.4, -0.2) is 40.8 Å². The molecule has 0 aromatic carbocycles. The van der Waals surface area contributed by atoms with E-state index in [0.717, 1.165) is 0 Å². The average molecular weight is 196 g/mol. The van der Waals surface area contributed by atoms with Crippen molar-refractivity contribution in [2.75, 3.05) is 13.1 Å². The molecule has 3 heteroatoms. The van der Waals surface area contributed by atoms with Crippen LogP contribution in [0.2, 0.25) is 6.82 Å². The van der Waals surface area contributed by atoms with Gasteiger partial charge in [0.2, 0.25) is 0 Å². The molecule has 0 amide bonds. The highest BCUT2D eigenvalue weighted by Gasteiger charge is 2.42. The van der Waals surface area contributed by atoms with Crippen LogP contribution < -0.4 is 0 Å². The topological polar surface area (TPSA) is 6.48 Å². The Morgan fingerprint density at radius 1 is 0.786 bits per heavy atom. The fraction of sp³-hybridized carbons (Fsp3) is 1.00. The molecule has 0 radical (unpaired) electrons. The van der Waals surface area contributed by atoms with Gasteiger partial charge in [0.25, 0.3) is 0 Å². The molecule has 1 aliphatic heterocycles. The van der Waals surface area contributed by atoms with Gasteiger partial charge in [-0.15, -0.1) is 0 Å². The molecule has 0 aromatic heterocycles. The Labute approximate surface area is 89.8 Å². The first-order valence-corrected chi connectivity index (χ1v) is 5.67. The first kappa shape index (κ1) is 12.1. The average Bonchev–Trinajstić information content (AvgIpc) is 2.26. The van der Waals surface area contributed by atoms with Crippen molar-refractivity contribution in [1.82, 2.24) is 9.62 Å². The summed E-state index contributed by atoms with van der Waals surface area (Å²) >= 11 is 0. The lowest BCUT2D eigenvalue weighted by atomic mass is 9.71. The predicted octanol–water partition coefficient (Wildman–Crippen LogP) is 2.32. The zero-order valence-corrected chi connectivity index (χ0v) is 10.9. The maximum atomic E-state index is 2.58. The van der Waals surface area contributed by atoms with Gasteiger partial charge in [-0.1, -0.05) is 6.82 Å². The summed E-state index contributed by atoms with van der Waals surface area (Å²) in [6.45, 7) is 19.1. The van der Waals surface area contributed by atoms with Crippen molar-refractivity contribution in [3.63, 3.8) is 0 Å². The van der Waals surface area contributed by atoms with E-state index in [4.69, 9.17) is 0 Å². The standard InChI is InChI=1S/C11H25BN2/c1-10(2,3)13-8-9-14(12(13)7)11(4,5)6/h8-9H2,1-7H3. The van der Waals surface area contributed by atoms with Gasteiger partial charge in [-0.2, -0.15) is 0 Å². The summed E-state index contributed by atoms with van der Waals surface area (Å²) in [6.07, 6.45) is 0. The third kappa shape index (κ3) is 2.32. The second-order valence-corrected chi connectivity index (χ2v) is 6.36. The Bertz CT molecular complexity index is 180. The Balaban J connectivity index is 2.75. The van der Waals surface area contributed by atoms with Gasteiger partial charge in [0, 0.05) is 24.2 Å². The summed E-state index contributed by atoms with van der Waals surface area (Å²) in [7, 11) is 0. The molecule has 1 saturated heterocycles. The second kappa shape index (κ2) is 3.53. The predicted molar refractivity (Wildman–Crippen MR) is 64.5 cm³/mol. The number of nitrogens with zero attached hydrogens (tertiary/aromatic N) is 2. The maximum Gasteiger partial charge on any atom is 0.308 e. The van der Waals surface area contributed by atoms with Crippen LogP contribution in [0.25, 0.3) is 0 Å². The molecule has 1 aliphatic rings. The molecule has 2 nitrogen and oxygen atoms in total. The minimum atomic E-state index is 0.291. The third-order valence-corrected chi connectivity index (χ3v) is 3.21. The minimum absolute atomic E-state index is 0.291. The van der Waals surface area contributed by atoms with E-state index in [9.17, 15) is 0 Å². The first-order chi connectivity index (χ1) is 6.14. The summed E-state index contributed by atoms with van der Waals surface area (Å²) in [5.74, 6) is 0. The highest BCUT2D eigenvalue weighted by molar-refractivity contribution is 6.52. The molecule has 0 aliphatic carbocycles. The van der Waals surface area contributed by atoms with E-state index in [1.54, 1.807) is 0 Å². The van der Waals surface area contributed by atoms with Gasteiger partial charge in [0.15, 0.2) is 0 Å². The zero-order chi connectivity index (χ0) is 11.1. The molecule has 14 heavy (non-hydrogen) atoms. The highest BCUT2D eigenvalue weighted by atomic mass is 15.3. The molecule has 0 aromatic rings. The number of rotatable bonds is 0. The van der Waals surface area contributed by atoms with E-state index in [2.05, 4.69) is 58.0 Å². The van der Waals surface area contributed by atoms with Crippen molar-refractivity contribution >= 4 is 6.98 Å². The molecule has 0 bridgehead atoms. The van der Waals surface area contributed by atoms with E-state index in [0.29, 0.717) is 18.1 Å². The molecule has 0 N–H and O–H groups in total. The largest absolute Gasteiger partial charge is 0.322 e. The van der Waals surface area contributed by atoms with E-state index < -0.39 is 0 Å². The quantitative estimate of drug-likeness (QED) is 0.548. The van der Waals surface area contributed by atoms with Gasteiger partial charge >= 0.3 is 6.98 Å². The van der Waals surface area contributed by atoms with Crippen LogP contribution >= 0.6 is 0 Å². The molecular formula is C11H25BN2. The summed E-state index contributed by atoms with van der Waals surface area (Å²) in [4.78, 5) is 5.16. The summed E-state index contributed by atoms with van der Waals surface area (Å²) in [5.41, 5.74) is 0.582. The Morgan fingerprint density at radius 3 is 1.21 bits per heavy atom. The Hall–Kier alpha value is -0.0151. The maximum absolute atomic E-state index is 2.58. The van der Waals surface area contributed by atoms with E-state index in [-0.39, 0.29) is 0 Å². The van der Waals surface area contributed by atoms with Crippen molar-refractivity contribution in [2.24, 2.45) is 0 Å². The van der Waals surface area contributed by atoms with Crippen LogP contribution in [0.1, 0.15) is 41.5 Å². The number of hydrogen-bond acceptors (Lipinski definition) is 2. The van der Waals surface area contributed by atoms with Gasteiger partial charge in [-0.25, -0.2) is 0 Å². The number of hydrogen-bond donors (Lipinski definition) is 0. The van der Waals surface area contributed by atoms with E-state index in [1.807, 2.05) is 0 Å². The lowest BCUT2D eigenvalue weighted by molar-refractivity contribution is 0.269. The Kier molecular flexibility index (Phi) is 3.04. The van der Waals surface area contributed by atoms with E-state index >= 15 is 0 Å². The molecule has 0 unspecified atom stereocenters. The molecule has 1 fully saturated rings. The molecule has 0 atom stereocenters. The van der Waals surface area contributed by atoms with Crippen molar-refractivity contribution in [1.29, 1.82) is 0 Å². The van der Waals surface area contributed by atoms with Crippen molar-refractivity contribution in [2.45, 2.75) is 59.4 Å². The zero-order valence-electron chi connectivity index (χ0n) is 10.9. The van der Waals surface area contributed by atoms with Crippen LogP contribution in [0.3, 0.4) is 0 Å². The molecule has 0 spiro atoms. The van der Waals surface area contributed by atoms with Crippen molar-refractivity contribution < 1.29 is 0 Å². The van der Waals surface area contributed by atoms with Gasteiger partial charge in [0.05, 0.1) is 0 Å². The summed E-state index contributed by atoms with van der Waals surface area (Å²) in [5, 5.41) is 0. The van der Waals surface area contributed by atoms with Gasteiger partial charge in [0.1, 0.15) is 0 Å². The monoisotopic (exact) mass is 196 g/mol. The lowest BCUT2D eigenvalue weighted by Crippen LogP contribution is -2.54. The van der Waals surface area contributed by atoms with Gasteiger partial charge in [-0.05, 0) is 41.5 Å². The lowest BCUT2D eigenvalue weighted by Gasteiger charge is -2.39. The van der Waals surface area contributed by atoms with E-state index in [1.165, 1.54) is 13.1 Å². The van der Waals surface area contributed by atoms with Gasteiger partial charge in [-0.3, -0.25) is 0 Å². The SMILES string of the molecule is CB1N(C(C)(C)C)CCN1C(C)(C)C. The summed E-state index contributed by atoms with van der Waals surface area (Å²) in [6, 6.07) is 0. The third-order valence-electron chi connectivity index (χ3n) is 3.21. The first-order valence-electron chi connectivity index (χ1n) is 5.67. The molecule has 1 rings (SSSR count). The smallest absolute Gasteiger partial charge is 0.308 e. The minimum Gasteiger partial charge on any atom is -0.322 e. The molecule has 0 saturated carbocycles. The normalized spacial score (nSPS) is 22.1. The van der Waals surface area contributed by atoms with Crippen LogP contribution in [-0.2, 0) is 0 Å². The van der Waals surface area contributed by atoms with Crippen LogP contribution in [0, 0.1) is 0 Å². The molecular weight excluding hydrogens is 171 g/mol. The Morgan fingerprint density at radius 2 is 1.07 bits per heavy atom. The summed E-state index contributed by atoms with van der Waals surface area (Å²) < 4.78 is 0. The highest BCUT2D eigenvalue weighted by Crippen LogP contribution is 2.27. The van der Waals surface area contributed by atoms with Crippen LogP contribution in [0.15, 0.2) is 0 Å². The molecule has 82 valence electrons. The van der Waals surface area contributed by atoms with Gasteiger partial charge < -0.3 is 9.62 Å². The fourth-order valence-electron chi connectivity index (χ4n) is 2.55. The second-order valence-electron chi connectivity index (χ2n) is 6.36. The van der Waals surface area contributed by atoms with Crippen LogP contribution in [0.4, 0.5) is 0 Å². The van der Waals surface area contributed by atoms with Crippen molar-refractivity contribution in [3.8, 4) is 0 Å². The molecule has 1 heterocycles. The van der Waals surface area contributed by atoms with Crippen LogP contribution in [0.5, 0.6) is 0 Å². The fourth-order valence-corrected chi connectivity index (χ4v) is 2.55.